The molecule has 0 spiro atoms. The molecule has 2 fully saturated rings. The summed E-state index contributed by atoms with van der Waals surface area (Å²) >= 11 is 0. The lowest BCUT2D eigenvalue weighted by molar-refractivity contribution is 0.0718. The van der Waals surface area contributed by atoms with Crippen molar-refractivity contribution in [1.29, 1.82) is 0 Å². The lowest BCUT2D eigenvalue weighted by Crippen LogP contribution is -2.02. The van der Waals surface area contributed by atoms with Gasteiger partial charge in [-0.05, 0) is 25.7 Å². The van der Waals surface area contributed by atoms with Crippen LogP contribution in [0, 0.1) is 0 Å². The third kappa shape index (κ3) is 6.10. The van der Waals surface area contributed by atoms with Gasteiger partial charge in [-0.15, -0.1) is 0 Å². The van der Waals surface area contributed by atoms with Gasteiger partial charge in [0.2, 0.25) is 0 Å². The van der Waals surface area contributed by atoms with E-state index in [2.05, 4.69) is 18.9 Å². The fraction of sp³-hybridized carbons (Fsp3) is 0.800. The van der Waals surface area contributed by atoms with Crippen LogP contribution in [0.15, 0.2) is 0 Å². The van der Waals surface area contributed by atoms with E-state index in [9.17, 15) is 9.59 Å². The van der Waals surface area contributed by atoms with Gasteiger partial charge in [0.15, 0.2) is 0 Å². The minimum Gasteiger partial charge on any atom is -0.434 e. The van der Waals surface area contributed by atoms with Gasteiger partial charge in [-0.3, -0.25) is 0 Å². The number of ether oxygens (including phenoxy) is 4. The van der Waals surface area contributed by atoms with E-state index in [0.717, 1.165) is 25.7 Å². The van der Waals surface area contributed by atoms with Gasteiger partial charge in [0.05, 0.1) is 26.4 Å². The smallest absolute Gasteiger partial charge is 0.434 e. The van der Waals surface area contributed by atoms with Gasteiger partial charge in [0.25, 0.3) is 0 Å². The van der Waals surface area contributed by atoms with E-state index in [1.165, 1.54) is 0 Å². The third-order valence-corrected chi connectivity index (χ3v) is 1.96. The van der Waals surface area contributed by atoms with E-state index < -0.39 is 12.3 Å². The van der Waals surface area contributed by atoms with Gasteiger partial charge in [0, 0.05) is 0 Å². The molecule has 6 heteroatoms. The Labute approximate surface area is 93.8 Å². The monoisotopic (exact) mass is 232 g/mol. The Morgan fingerprint density at radius 1 is 0.562 bits per heavy atom. The molecule has 0 radical (unpaired) electrons. The number of cyclic esters (lactones) is 4. The molecule has 0 aromatic heterocycles. The summed E-state index contributed by atoms with van der Waals surface area (Å²) in [6.45, 7) is 2.05. The Morgan fingerprint density at radius 2 is 0.812 bits per heavy atom. The van der Waals surface area contributed by atoms with Crippen molar-refractivity contribution in [1.82, 2.24) is 0 Å². The van der Waals surface area contributed by atoms with Crippen LogP contribution in [0.3, 0.4) is 0 Å². The molecule has 0 saturated carbocycles. The predicted octanol–water partition coefficient (Wildman–Crippen LogP) is 1.87. The molecule has 0 N–H and O–H groups in total. The standard InChI is InChI=1S/2C5H8O3/c2*6-5-7-3-1-2-4-8-5/h2*1-4H2. The number of carbonyl (C=O) groups excluding carboxylic acids is 2. The number of hydrogen-bond donors (Lipinski definition) is 0. The van der Waals surface area contributed by atoms with E-state index in [1.807, 2.05) is 0 Å². The number of carbonyl (C=O) groups is 2. The van der Waals surface area contributed by atoms with Crippen LogP contribution in [0.2, 0.25) is 0 Å². The van der Waals surface area contributed by atoms with Crippen LogP contribution in [0.1, 0.15) is 25.7 Å². The highest BCUT2D eigenvalue weighted by Gasteiger charge is 2.07. The van der Waals surface area contributed by atoms with Crippen molar-refractivity contribution in [3.05, 3.63) is 0 Å². The minimum absolute atomic E-state index is 0.513. The summed E-state index contributed by atoms with van der Waals surface area (Å²) in [4.78, 5) is 20.5. The van der Waals surface area contributed by atoms with Crippen LogP contribution in [-0.4, -0.2) is 38.7 Å². The highest BCUT2D eigenvalue weighted by atomic mass is 16.7. The van der Waals surface area contributed by atoms with Crippen molar-refractivity contribution in [3.63, 3.8) is 0 Å². The molecule has 0 bridgehead atoms. The molecule has 0 amide bonds. The van der Waals surface area contributed by atoms with E-state index in [0.29, 0.717) is 26.4 Å². The maximum atomic E-state index is 10.2. The van der Waals surface area contributed by atoms with E-state index in [-0.39, 0.29) is 0 Å². The highest BCUT2D eigenvalue weighted by molar-refractivity contribution is 5.60. The molecule has 6 nitrogen and oxygen atoms in total. The number of rotatable bonds is 0. The van der Waals surface area contributed by atoms with Crippen molar-refractivity contribution in [2.75, 3.05) is 26.4 Å². The summed E-state index contributed by atoms with van der Waals surface area (Å²) in [6.07, 6.45) is 2.64. The maximum Gasteiger partial charge on any atom is 0.508 e. The molecule has 0 aliphatic carbocycles. The molecule has 16 heavy (non-hydrogen) atoms. The fourth-order valence-corrected chi connectivity index (χ4v) is 1.11. The van der Waals surface area contributed by atoms with Crippen molar-refractivity contribution in [2.24, 2.45) is 0 Å². The molecule has 0 unspecified atom stereocenters. The van der Waals surface area contributed by atoms with Crippen LogP contribution in [-0.2, 0) is 18.9 Å². The molecule has 0 aromatic rings. The molecule has 2 aliphatic rings. The Kier molecular flexibility index (Phi) is 6.13. The van der Waals surface area contributed by atoms with E-state index >= 15 is 0 Å². The molecule has 2 heterocycles. The SMILES string of the molecule is O=C1OCCCCO1.O=C1OCCCCO1. The molecular formula is C10H16O6. The van der Waals surface area contributed by atoms with Crippen LogP contribution in [0.4, 0.5) is 9.59 Å². The first-order valence-corrected chi connectivity index (χ1v) is 5.38. The topological polar surface area (TPSA) is 71.1 Å². The number of hydrogen-bond acceptors (Lipinski definition) is 6. The second-order valence-corrected chi connectivity index (χ2v) is 3.31. The van der Waals surface area contributed by atoms with Gasteiger partial charge < -0.3 is 18.9 Å². The van der Waals surface area contributed by atoms with Crippen LogP contribution >= 0.6 is 0 Å². The minimum atomic E-state index is -0.525. The lowest BCUT2D eigenvalue weighted by Gasteiger charge is -1.94. The van der Waals surface area contributed by atoms with Crippen LogP contribution < -0.4 is 0 Å². The Bertz CT molecular complexity index is 183. The Hall–Kier alpha value is -1.46. The molecule has 2 saturated heterocycles. The summed E-state index contributed by atoms with van der Waals surface area (Å²) in [5.41, 5.74) is 0. The van der Waals surface area contributed by atoms with Gasteiger partial charge in [-0.25, -0.2) is 9.59 Å². The van der Waals surface area contributed by atoms with Crippen LogP contribution in [0.5, 0.6) is 0 Å². The van der Waals surface area contributed by atoms with Gasteiger partial charge >= 0.3 is 12.3 Å². The molecular weight excluding hydrogens is 216 g/mol. The summed E-state index contributed by atoms with van der Waals surface area (Å²) in [5.74, 6) is 0. The quantitative estimate of drug-likeness (QED) is 0.594. The van der Waals surface area contributed by atoms with Gasteiger partial charge in [-0.1, -0.05) is 0 Å². The second-order valence-electron chi connectivity index (χ2n) is 3.31. The van der Waals surface area contributed by atoms with Gasteiger partial charge in [0.1, 0.15) is 0 Å². The van der Waals surface area contributed by atoms with E-state index in [1.54, 1.807) is 0 Å². The third-order valence-electron chi connectivity index (χ3n) is 1.96. The van der Waals surface area contributed by atoms with Gasteiger partial charge in [-0.2, -0.15) is 0 Å². The predicted molar refractivity (Wildman–Crippen MR) is 53.1 cm³/mol. The molecule has 92 valence electrons. The molecule has 0 atom stereocenters. The Morgan fingerprint density at radius 3 is 1.06 bits per heavy atom. The first-order chi connectivity index (χ1) is 7.79. The van der Waals surface area contributed by atoms with Crippen LogP contribution in [0.25, 0.3) is 0 Å². The van der Waals surface area contributed by atoms with E-state index in [4.69, 9.17) is 0 Å². The van der Waals surface area contributed by atoms with Crippen molar-refractivity contribution in [2.45, 2.75) is 25.7 Å². The zero-order valence-electron chi connectivity index (χ0n) is 9.11. The summed E-state index contributed by atoms with van der Waals surface area (Å²) < 4.78 is 18.2. The fourth-order valence-electron chi connectivity index (χ4n) is 1.11. The summed E-state index contributed by atoms with van der Waals surface area (Å²) in [7, 11) is 0. The largest absolute Gasteiger partial charge is 0.508 e. The lowest BCUT2D eigenvalue weighted by atomic mass is 10.3. The first kappa shape index (κ1) is 12.6. The highest BCUT2D eigenvalue weighted by Crippen LogP contribution is 1.99. The first-order valence-electron chi connectivity index (χ1n) is 5.38. The molecule has 2 aliphatic heterocycles. The van der Waals surface area contributed by atoms with Crippen molar-refractivity contribution in [3.8, 4) is 0 Å². The average molecular weight is 232 g/mol. The second kappa shape index (κ2) is 7.78. The zero-order valence-corrected chi connectivity index (χ0v) is 9.11. The molecule has 0 aromatic carbocycles. The molecule has 2 rings (SSSR count). The zero-order chi connectivity index (χ0) is 11.6. The Balaban J connectivity index is 0.000000160. The summed E-state index contributed by atoms with van der Waals surface area (Å²) in [6, 6.07) is 0. The van der Waals surface area contributed by atoms with Crippen molar-refractivity contribution >= 4 is 12.3 Å². The summed E-state index contributed by atoms with van der Waals surface area (Å²) in [5, 5.41) is 0. The van der Waals surface area contributed by atoms with Crippen molar-refractivity contribution < 1.29 is 28.5 Å². The normalized spacial score (nSPS) is 20.8. The maximum absolute atomic E-state index is 10.2. The average Bonchev–Trinajstić information content (AvgIpc) is 2.64.